The smallest absolute Gasteiger partial charge is 0.308 e. The number of aromatic nitrogens is 2. The molecule has 0 saturated heterocycles. The molecule has 1 aliphatic carbocycles. The lowest BCUT2D eigenvalue weighted by Crippen LogP contribution is -2.41. The number of carbonyl (C=O) groups is 2. The molecule has 1 fully saturated rings. The van der Waals surface area contributed by atoms with Gasteiger partial charge in [-0.2, -0.15) is 0 Å². The molecule has 1 aromatic rings. The van der Waals surface area contributed by atoms with E-state index in [2.05, 4.69) is 15.3 Å². The highest BCUT2D eigenvalue weighted by Crippen LogP contribution is 2.43. The number of nitrogens with zero attached hydrogens (tertiary/aromatic N) is 2. The van der Waals surface area contributed by atoms with Crippen molar-refractivity contribution >= 4 is 23.5 Å². The van der Waals surface area contributed by atoms with Crippen LogP contribution in [0.5, 0.6) is 0 Å². The zero-order chi connectivity index (χ0) is 17.0. The van der Waals surface area contributed by atoms with Crippen LogP contribution >= 0.6 is 11.6 Å². The third-order valence-corrected chi connectivity index (χ3v) is 5.03. The van der Waals surface area contributed by atoms with E-state index in [9.17, 15) is 9.59 Å². The monoisotopic (exact) mass is 339 g/mol. The molecular formula is C16H22ClN3O3. The Hall–Kier alpha value is -1.69. The molecular weight excluding hydrogens is 318 g/mol. The number of nitrogens with one attached hydrogen (secondary N) is 1. The van der Waals surface area contributed by atoms with Crippen molar-refractivity contribution in [2.24, 2.45) is 17.3 Å². The van der Waals surface area contributed by atoms with Crippen LogP contribution in [0.1, 0.15) is 38.8 Å². The molecule has 0 radical (unpaired) electrons. The maximum Gasteiger partial charge on any atom is 0.308 e. The second-order valence-electron chi connectivity index (χ2n) is 6.43. The van der Waals surface area contributed by atoms with Crippen molar-refractivity contribution in [1.82, 2.24) is 15.3 Å². The molecule has 1 amide bonds. The van der Waals surface area contributed by atoms with E-state index >= 15 is 0 Å². The molecule has 0 aliphatic heterocycles. The maximum absolute atomic E-state index is 12.6. The number of rotatable bonds is 5. The number of hydrogen-bond acceptors (Lipinski definition) is 5. The van der Waals surface area contributed by atoms with Gasteiger partial charge in [0.05, 0.1) is 25.3 Å². The molecule has 0 spiro atoms. The predicted octanol–water partition coefficient (Wildman–Crippen LogP) is 2.36. The van der Waals surface area contributed by atoms with Crippen LogP contribution in [0.2, 0.25) is 5.15 Å². The normalized spacial score (nSPS) is 21.0. The van der Waals surface area contributed by atoms with Gasteiger partial charge in [0.2, 0.25) is 5.91 Å². The van der Waals surface area contributed by atoms with Gasteiger partial charge in [0.25, 0.3) is 0 Å². The van der Waals surface area contributed by atoms with Gasteiger partial charge in [-0.25, -0.2) is 4.98 Å². The number of methoxy groups -OCH3 is 1. The molecule has 0 aromatic carbocycles. The van der Waals surface area contributed by atoms with Crippen LogP contribution in [0.25, 0.3) is 0 Å². The topological polar surface area (TPSA) is 81.2 Å². The average Bonchev–Trinajstić information content (AvgIpc) is 3.03. The van der Waals surface area contributed by atoms with Crippen molar-refractivity contribution in [3.63, 3.8) is 0 Å². The summed E-state index contributed by atoms with van der Waals surface area (Å²) in [4.78, 5) is 32.3. The standard InChI is InChI=1S/C16H22ClN3O3/c1-16(2,11-5-4-10(8-11)14(21)23-3)15(22)20-9-12-13(17)19-7-6-18-12/h6-7,10-11H,4-5,8-9H2,1-3H3,(H,20,22). The summed E-state index contributed by atoms with van der Waals surface area (Å²) >= 11 is 5.94. The zero-order valence-corrected chi connectivity index (χ0v) is 14.4. The summed E-state index contributed by atoms with van der Waals surface area (Å²) < 4.78 is 4.80. The quantitative estimate of drug-likeness (QED) is 0.833. The fourth-order valence-electron chi connectivity index (χ4n) is 3.06. The summed E-state index contributed by atoms with van der Waals surface area (Å²) in [6.07, 6.45) is 5.33. The Bertz CT molecular complexity index is 592. The Balaban J connectivity index is 1.95. The van der Waals surface area contributed by atoms with Gasteiger partial charge in [0.15, 0.2) is 5.15 Å². The van der Waals surface area contributed by atoms with E-state index in [1.54, 1.807) is 0 Å². The molecule has 7 heteroatoms. The molecule has 6 nitrogen and oxygen atoms in total. The van der Waals surface area contributed by atoms with Crippen molar-refractivity contribution < 1.29 is 14.3 Å². The number of esters is 1. The van der Waals surface area contributed by atoms with Gasteiger partial charge in [-0.15, -0.1) is 0 Å². The van der Waals surface area contributed by atoms with Crippen LogP contribution in [-0.4, -0.2) is 29.0 Å². The lowest BCUT2D eigenvalue weighted by atomic mass is 9.76. The van der Waals surface area contributed by atoms with Crippen LogP contribution in [0.15, 0.2) is 12.4 Å². The van der Waals surface area contributed by atoms with Gasteiger partial charge in [-0.1, -0.05) is 25.4 Å². The second kappa shape index (κ2) is 7.25. The van der Waals surface area contributed by atoms with Gasteiger partial charge in [-0.05, 0) is 25.2 Å². The highest BCUT2D eigenvalue weighted by molar-refractivity contribution is 6.29. The first-order chi connectivity index (χ1) is 10.9. The first-order valence-electron chi connectivity index (χ1n) is 7.67. The Morgan fingerprint density at radius 2 is 2.04 bits per heavy atom. The number of carbonyl (C=O) groups excluding carboxylic acids is 2. The Morgan fingerprint density at radius 3 is 2.70 bits per heavy atom. The summed E-state index contributed by atoms with van der Waals surface area (Å²) in [6, 6.07) is 0. The van der Waals surface area contributed by atoms with Crippen molar-refractivity contribution in [3.05, 3.63) is 23.2 Å². The first-order valence-corrected chi connectivity index (χ1v) is 8.05. The Morgan fingerprint density at radius 1 is 1.35 bits per heavy atom. The van der Waals surface area contributed by atoms with Crippen molar-refractivity contribution in [3.8, 4) is 0 Å². The summed E-state index contributed by atoms with van der Waals surface area (Å²) in [6.45, 7) is 4.05. The maximum atomic E-state index is 12.6. The number of hydrogen-bond donors (Lipinski definition) is 1. The summed E-state index contributed by atoms with van der Waals surface area (Å²) in [7, 11) is 1.40. The molecule has 2 unspecified atom stereocenters. The summed E-state index contributed by atoms with van der Waals surface area (Å²) in [5.41, 5.74) is -0.0329. The van der Waals surface area contributed by atoms with Crippen LogP contribution < -0.4 is 5.32 Å². The van der Waals surface area contributed by atoms with Crippen molar-refractivity contribution in [1.29, 1.82) is 0 Å². The summed E-state index contributed by atoms with van der Waals surface area (Å²) in [5.74, 6) is -0.222. The van der Waals surface area contributed by atoms with Crippen LogP contribution in [-0.2, 0) is 20.9 Å². The summed E-state index contributed by atoms with van der Waals surface area (Å²) in [5, 5.41) is 3.16. The third kappa shape index (κ3) is 3.99. The minimum atomic E-state index is -0.572. The van der Waals surface area contributed by atoms with Crippen LogP contribution in [0.4, 0.5) is 0 Å². The van der Waals surface area contributed by atoms with E-state index in [0.717, 1.165) is 12.8 Å². The van der Waals surface area contributed by atoms with Crippen molar-refractivity contribution in [2.75, 3.05) is 7.11 Å². The Kier molecular flexibility index (Phi) is 5.57. The highest BCUT2D eigenvalue weighted by atomic mass is 35.5. The van der Waals surface area contributed by atoms with E-state index < -0.39 is 5.41 Å². The van der Waals surface area contributed by atoms with Gasteiger partial charge in [-0.3, -0.25) is 14.6 Å². The van der Waals surface area contributed by atoms with Crippen LogP contribution in [0.3, 0.4) is 0 Å². The largest absolute Gasteiger partial charge is 0.469 e. The molecule has 2 rings (SSSR count). The van der Waals surface area contributed by atoms with Gasteiger partial charge in [0, 0.05) is 17.8 Å². The predicted molar refractivity (Wildman–Crippen MR) is 85.5 cm³/mol. The second-order valence-corrected chi connectivity index (χ2v) is 6.79. The molecule has 1 aliphatic rings. The Labute approximate surface area is 141 Å². The van der Waals surface area contributed by atoms with Gasteiger partial charge < -0.3 is 10.1 Å². The number of ether oxygens (including phenoxy) is 1. The first kappa shape index (κ1) is 17.7. The molecule has 2 atom stereocenters. The van der Waals surface area contributed by atoms with Gasteiger partial charge >= 0.3 is 5.97 Å². The number of amides is 1. The van der Waals surface area contributed by atoms with E-state index in [0.29, 0.717) is 12.1 Å². The fourth-order valence-corrected chi connectivity index (χ4v) is 3.24. The average molecular weight is 340 g/mol. The lowest BCUT2D eigenvalue weighted by Gasteiger charge is -2.30. The molecule has 1 N–H and O–H groups in total. The van der Waals surface area contributed by atoms with E-state index in [4.69, 9.17) is 16.3 Å². The van der Waals surface area contributed by atoms with E-state index in [-0.39, 0.29) is 35.4 Å². The highest BCUT2D eigenvalue weighted by Gasteiger charge is 2.43. The SMILES string of the molecule is COC(=O)C1CCC(C(C)(C)C(=O)NCc2nccnc2Cl)C1. The minimum absolute atomic E-state index is 0.0743. The molecule has 126 valence electrons. The number of halogens is 1. The van der Waals surface area contributed by atoms with Crippen molar-refractivity contribution in [2.45, 2.75) is 39.7 Å². The molecule has 0 bridgehead atoms. The van der Waals surface area contributed by atoms with Crippen LogP contribution in [0, 0.1) is 17.3 Å². The fraction of sp³-hybridized carbons (Fsp3) is 0.625. The lowest BCUT2D eigenvalue weighted by molar-refractivity contribution is -0.145. The molecule has 1 aromatic heterocycles. The molecule has 1 saturated carbocycles. The van der Waals surface area contributed by atoms with Gasteiger partial charge in [0.1, 0.15) is 0 Å². The molecule has 1 heterocycles. The van der Waals surface area contributed by atoms with E-state index in [1.807, 2.05) is 13.8 Å². The van der Waals surface area contributed by atoms with E-state index in [1.165, 1.54) is 19.5 Å². The minimum Gasteiger partial charge on any atom is -0.469 e. The molecule has 23 heavy (non-hydrogen) atoms. The zero-order valence-electron chi connectivity index (χ0n) is 13.6. The third-order valence-electron chi connectivity index (χ3n) is 4.71.